The Balaban J connectivity index is 1.45. The molecule has 0 spiro atoms. The van der Waals surface area contributed by atoms with Crippen LogP contribution in [0.5, 0.6) is 0 Å². The van der Waals surface area contributed by atoms with Gasteiger partial charge in [-0.05, 0) is 66.9 Å². The number of nitrogens with zero attached hydrogens (tertiary/aromatic N) is 2. The number of nitrogens with one attached hydrogen (secondary N) is 2. The van der Waals surface area contributed by atoms with Gasteiger partial charge in [-0.1, -0.05) is 41.9 Å². The number of halogens is 1. The predicted molar refractivity (Wildman–Crippen MR) is 149 cm³/mol. The highest BCUT2D eigenvalue weighted by atomic mass is 35.5. The van der Waals surface area contributed by atoms with E-state index in [0.717, 1.165) is 37.3 Å². The van der Waals surface area contributed by atoms with E-state index in [1.165, 1.54) is 5.56 Å². The van der Waals surface area contributed by atoms with Gasteiger partial charge in [-0.15, -0.1) is 0 Å². The summed E-state index contributed by atoms with van der Waals surface area (Å²) in [7, 11) is 0. The summed E-state index contributed by atoms with van der Waals surface area (Å²) in [6, 6.07) is 22.4. The molecule has 0 aromatic heterocycles. The molecule has 4 rings (SSSR count). The number of ether oxygens (including phenoxy) is 1. The summed E-state index contributed by atoms with van der Waals surface area (Å²) in [5.41, 5.74) is 4.00. The molecule has 37 heavy (non-hydrogen) atoms. The van der Waals surface area contributed by atoms with Gasteiger partial charge in [-0.25, -0.2) is 4.79 Å². The van der Waals surface area contributed by atoms with Crippen LogP contribution in [0.4, 0.5) is 16.2 Å². The Morgan fingerprint density at radius 3 is 2.43 bits per heavy atom. The lowest BCUT2D eigenvalue weighted by atomic mass is 10.1. The van der Waals surface area contributed by atoms with Gasteiger partial charge in [-0.3, -0.25) is 14.6 Å². The maximum Gasteiger partial charge on any atom is 0.321 e. The monoisotopic (exact) mass is 520 g/mol. The maximum absolute atomic E-state index is 13.3. The summed E-state index contributed by atoms with van der Waals surface area (Å²) in [6.07, 6.45) is 0.757. The molecule has 2 N–H and O–H groups in total. The molecule has 0 saturated carbocycles. The van der Waals surface area contributed by atoms with Gasteiger partial charge in [0.25, 0.3) is 5.91 Å². The van der Waals surface area contributed by atoms with Crippen molar-refractivity contribution in [3.63, 3.8) is 0 Å². The zero-order valence-electron chi connectivity index (χ0n) is 21.1. The molecule has 7 nitrogen and oxygen atoms in total. The largest absolute Gasteiger partial charge is 0.379 e. The van der Waals surface area contributed by atoms with Gasteiger partial charge in [0.1, 0.15) is 0 Å². The van der Waals surface area contributed by atoms with Crippen molar-refractivity contribution in [1.29, 1.82) is 0 Å². The fraction of sp³-hybridized carbons (Fsp3) is 0.310. The first-order valence-electron chi connectivity index (χ1n) is 12.6. The summed E-state index contributed by atoms with van der Waals surface area (Å²) in [6.45, 7) is 6.87. The smallest absolute Gasteiger partial charge is 0.321 e. The second-order valence-corrected chi connectivity index (χ2v) is 9.47. The van der Waals surface area contributed by atoms with E-state index in [1.807, 2.05) is 37.3 Å². The average molecular weight is 521 g/mol. The van der Waals surface area contributed by atoms with Crippen molar-refractivity contribution in [3.05, 3.63) is 94.5 Å². The van der Waals surface area contributed by atoms with Crippen LogP contribution in [-0.2, 0) is 11.2 Å². The molecule has 0 bridgehead atoms. The number of hydrogen-bond donors (Lipinski definition) is 2. The summed E-state index contributed by atoms with van der Waals surface area (Å²) in [5.74, 6) is -0.218. The number of morpholine rings is 1. The number of amides is 3. The molecule has 1 saturated heterocycles. The van der Waals surface area contributed by atoms with Gasteiger partial charge < -0.3 is 15.4 Å². The Kier molecular flexibility index (Phi) is 9.54. The zero-order chi connectivity index (χ0) is 26.0. The van der Waals surface area contributed by atoms with Gasteiger partial charge in [-0.2, -0.15) is 0 Å². The summed E-state index contributed by atoms with van der Waals surface area (Å²) in [4.78, 5) is 30.2. The first-order valence-corrected chi connectivity index (χ1v) is 12.9. The van der Waals surface area contributed by atoms with Crippen LogP contribution in [0.3, 0.4) is 0 Å². The predicted octanol–water partition coefficient (Wildman–Crippen LogP) is 4.99. The Bertz CT molecular complexity index is 1180. The van der Waals surface area contributed by atoms with Crippen molar-refractivity contribution < 1.29 is 14.3 Å². The third-order valence-corrected chi connectivity index (χ3v) is 6.63. The van der Waals surface area contributed by atoms with Gasteiger partial charge >= 0.3 is 6.03 Å². The summed E-state index contributed by atoms with van der Waals surface area (Å²) >= 11 is 5.94. The van der Waals surface area contributed by atoms with E-state index in [2.05, 4.69) is 27.7 Å². The molecule has 1 heterocycles. The molecule has 0 aliphatic carbocycles. The first kappa shape index (κ1) is 26.7. The second kappa shape index (κ2) is 13.2. The maximum atomic E-state index is 13.3. The van der Waals surface area contributed by atoms with Crippen molar-refractivity contribution in [1.82, 2.24) is 10.2 Å². The molecular weight excluding hydrogens is 488 g/mol. The molecule has 1 fully saturated rings. The second-order valence-electron chi connectivity index (χ2n) is 9.04. The first-order chi connectivity index (χ1) is 18.0. The molecule has 0 atom stereocenters. The van der Waals surface area contributed by atoms with E-state index in [9.17, 15) is 9.59 Å². The van der Waals surface area contributed by atoms with Crippen molar-refractivity contribution in [2.75, 3.05) is 56.2 Å². The molecule has 3 amide bonds. The van der Waals surface area contributed by atoms with E-state index >= 15 is 0 Å². The molecule has 1 aliphatic rings. The van der Waals surface area contributed by atoms with Gasteiger partial charge in [0.15, 0.2) is 0 Å². The SMILES string of the molecule is Cc1cc(C(=O)Nc2ccc(Cl)cc2)ccc1N(CCN1CCOCC1)C(=O)NCCc1ccccc1. The minimum atomic E-state index is -0.218. The lowest BCUT2D eigenvalue weighted by molar-refractivity contribution is 0.0393. The van der Waals surface area contributed by atoms with Crippen molar-refractivity contribution >= 4 is 34.9 Å². The molecule has 3 aromatic carbocycles. The van der Waals surface area contributed by atoms with E-state index < -0.39 is 0 Å². The average Bonchev–Trinajstić information content (AvgIpc) is 2.92. The number of benzene rings is 3. The van der Waals surface area contributed by atoms with E-state index in [1.54, 1.807) is 35.2 Å². The quantitative estimate of drug-likeness (QED) is 0.417. The van der Waals surface area contributed by atoms with Crippen LogP contribution in [0, 0.1) is 6.92 Å². The fourth-order valence-corrected chi connectivity index (χ4v) is 4.41. The number of carbonyl (C=O) groups is 2. The summed E-state index contributed by atoms with van der Waals surface area (Å²) in [5, 5.41) is 6.57. The molecule has 8 heteroatoms. The van der Waals surface area contributed by atoms with Gasteiger partial charge in [0.05, 0.1) is 13.2 Å². The van der Waals surface area contributed by atoms with Crippen LogP contribution in [0.2, 0.25) is 5.02 Å². The minimum Gasteiger partial charge on any atom is -0.379 e. The number of anilines is 2. The number of rotatable bonds is 9. The third kappa shape index (κ3) is 7.79. The van der Waals surface area contributed by atoms with E-state index in [-0.39, 0.29) is 11.9 Å². The molecule has 194 valence electrons. The molecule has 3 aromatic rings. The Morgan fingerprint density at radius 2 is 1.73 bits per heavy atom. The third-order valence-electron chi connectivity index (χ3n) is 6.37. The highest BCUT2D eigenvalue weighted by Gasteiger charge is 2.20. The number of urea groups is 1. The van der Waals surface area contributed by atoms with Crippen molar-refractivity contribution in [3.8, 4) is 0 Å². The van der Waals surface area contributed by atoms with Crippen LogP contribution in [0.15, 0.2) is 72.8 Å². The van der Waals surface area contributed by atoms with Gasteiger partial charge in [0, 0.05) is 54.7 Å². The van der Waals surface area contributed by atoms with E-state index in [4.69, 9.17) is 16.3 Å². The molecule has 0 unspecified atom stereocenters. The lowest BCUT2D eigenvalue weighted by Crippen LogP contribution is -2.47. The molecular formula is C29H33ClN4O3. The van der Waals surface area contributed by atoms with Crippen LogP contribution >= 0.6 is 11.6 Å². The Labute approximate surface area is 223 Å². The van der Waals surface area contributed by atoms with E-state index in [0.29, 0.717) is 42.6 Å². The van der Waals surface area contributed by atoms with Crippen LogP contribution in [-0.4, -0.2) is 62.8 Å². The Hall–Kier alpha value is -3.39. The van der Waals surface area contributed by atoms with Crippen molar-refractivity contribution in [2.45, 2.75) is 13.3 Å². The standard InChI is InChI=1S/C29H33ClN4O3/c1-22-21-24(28(35)32-26-10-8-25(30)9-11-26)7-12-27(22)34(16-15-33-17-19-37-20-18-33)29(36)31-14-13-23-5-3-2-4-6-23/h2-12,21H,13-20H2,1H3,(H,31,36)(H,32,35). The summed E-state index contributed by atoms with van der Waals surface area (Å²) < 4.78 is 5.46. The number of hydrogen-bond acceptors (Lipinski definition) is 4. The van der Waals surface area contributed by atoms with Crippen LogP contribution in [0.25, 0.3) is 0 Å². The van der Waals surface area contributed by atoms with Gasteiger partial charge in [0.2, 0.25) is 0 Å². The lowest BCUT2D eigenvalue weighted by Gasteiger charge is -2.31. The molecule has 1 aliphatic heterocycles. The van der Waals surface area contributed by atoms with Crippen LogP contribution < -0.4 is 15.5 Å². The number of carbonyl (C=O) groups excluding carboxylic acids is 2. The number of aryl methyl sites for hydroxylation is 1. The highest BCUT2D eigenvalue weighted by molar-refractivity contribution is 6.30. The zero-order valence-corrected chi connectivity index (χ0v) is 21.8. The van der Waals surface area contributed by atoms with Crippen molar-refractivity contribution in [2.24, 2.45) is 0 Å². The topological polar surface area (TPSA) is 73.9 Å². The minimum absolute atomic E-state index is 0.148. The normalized spacial score (nSPS) is 13.7. The molecule has 0 radical (unpaired) electrons. The van der Waals surface area contributed by atoms with Crippen LogP contribution in [0.1, 0.15) is 21.5 Å². The fourth-order valence-electron chi connectivity index (χ4n) is 4.29. The highest BCUT2D eigenvalue weighted by Crippen LogP contribution is 2.23. The Morgan fingerprint density at radius 1 is 1.00 bits per heavy atom.